The highest BCUT2D eigenvalue weighted by molar-refractivity contribution is 6.15. The average Bonchev–Trinajstić information content (AvgIpc) is 3.45. The molecule has 0 atom stereocenters. The van der Waals surface area contributed by atoms with Gasteiger partial charge in [0.2, 0.25) is 0 Å². The molecular weight excluding hydrogens is 861 g/mol. The Morgan fingerprint density at radius 1 is 0.211 bits per heavy atom. The molecule has 71 heavy (non-hydrogen) atoms. The lowest BCUT2D eigenvalue weighted by atomic mass is 9.92. The van der Waals surface area contributed by atoms with Crippen LogP contribution in [0.2, 0.25) is 0 Å². The molecule has 4 heterocycles. The van der Waals surface area contributed by atoms with Gasteiger partial charge in [0, 0.05) is 43.8 Å². The lowest BCUT2D eigenvalue weighted by Gasteiger charge is -2.17. The van der Waals surface area contributed by atoms with E-state index in [1.165, 1.54) is 0 Å². The van der Waals surface area contributed by atoms with Gasteiger partial charge in [-0.2, -0.15) is 0 Å². The number of nitrogens with zero attached hydrogens (tertiary/aromatic N) is 4. The van der Waals surface area contributed by atoms with Gasteiger partial charge in [-0.15, -0.1) is 0 Å². The minimum Gasteiger partial charge on any atom is -0.245 e. The van der Waals surface area contributed by atoms with Gasteiger partial charge < -0.3 is 0 Å². The van der Waals surface area contributed by atoms with Crippen LogP contribution < -0.4 is 0 Å². The fourth-order valence-corrected chi connectivity index (χ4v) is 10.3. The van der Waals surface area contributed by atoms with Gasteiger partial charge >= 0.3 is 0 Å². The maximum absolute atomic E-state index is 5.60. The number of pyridine rings is 4. The van der Waals surface area contributed by atoms with E-state index in [-0.39, 0.29) is 0 Å². The molecule has 0 bridgehead atoms. The highest BCUT2D eigenvalue weighted by Crippen LogP contribution is 2.43. The summed E-state index contributed by atoms with van der Waals surface area (Å²) in [5.74, 6) is 0. The zero-order chi connectivity index (χ0) is 47.3. The summed E-state index contributed by atoms with van der Waals surface area (Å²) in [6.45, 7) is 2.18. The van der Waals surface area contributed by atoms with Crippen molar-refractivity contribution in [2.75, 3.05) is 0 Å². The second-order valence-electron chi connectivity index (χ2n) is 18.2. The predicted molar refractivity (Wildman–Crippen MR) is 296 cm³/mol. The van der Waals surface area contributed by atoms with Crippen molar-refractivity contribution in [1.82, 2.24) is 19.9 Å². The summed E-state index contributed by atoms with van der Waals surface area (Å²) in [5, 5.41) is 4.23. The van der Waals surface area contributed by atoms with E-state index < -0.39 is 0 Å². The van der Waals surface area contributed by atoms with Crippen molar-refractivity contribution in [3.05, 3.63) is 254 Å². The van der Waals surface area contributed by atoms with Gasteiger partial charge in [-0.1, -0.05) is 218 Å². The molecule has 4 aromatic heterocycles. The van der Waals surface area contributed by atoms with Gasteiger partial charge in [0.1, 0.15) is 0 Å². The van der Waals surface area contributed by atoms with Crippen LogP contribution in [-0.4, -0.2) is 19.9 Å². The molecule has 0 N–H and O–H groups in total. The van der Waals surface area contributed by atoms with Crippen molar-refractivity contribution >= 4 is 43.6 Å². The number of fused-ring (bicyclic) bond motifs is 6. The Morgan fingerprint density at radius 2 is 0.479 bits per heavy atom. The van der Waals surface area contributed by atoms with Crippen molar-refractivity contribution in [3.63, 3.8) is 0 Å². The molecule has 13 aromatic rings. The van der Waals surface area contributed by atoms with Crippen LogP contribution >= 0.6 is 0 Å². The van der Waals surface area contributed by atoms with E-state index in [2.05, 4.69) is 244 Å². The van der Waals surface area contributed by atoms with Gasteiger partial charge in [0.05, 0.1) is 44.8 Å². The zero-order valence-electron chi connectivity index (χ0n) is 39.0. The molecule has 4 heteroatoms. The van der Waals surface area contributed by atoms with E-state index in [9.17, 15) is 0 Å². The van der Waals surface area contributed by atoms with Crippen LogP contribution in [0.4, 0.5) is 0 Å². The van der Waals surface area contributed by atoms with Gasteiger partial charge in [-0.25, -0.2) is 19.9 Å². The Labute approximate surface area is 412 Å². The van der Waals surface area contributed by atoms with Crippen LogP contribution in [0.25, 0.3) is 133 Å². The minimum absolute atomic E-state index is 0.864. The third kappa shape index (κ3) is 7.59. The number of rotatable bonds is 8. The predicted octanol–water partition coefficient (Wildman–Crippen LogP) is 17.5. The Kier molecular flexibility index (Phi) is 10.4. The summed E-state index contributed by atoms with van der Waals surface area (Å²) < 4.78 is 0. The molecular formula is C67H44N4. The van der Waals surface area contributed by atoms with Gasteiger partial charge in [0.15, 0.2) is 0 Å². The maximum atomic E-state index is 5.60. The van der Waals surface area contributed by atoms with Crippen LogP contribution in [0.15, 0.2) is 249 Å². The fraction of sp³-hybridized carbons (Fsp3) is 0.0149. The summed E-state index contributed by atoms with van der Waals surface area (Å²) in [5.41, 5.74) is 21.3. The maximum Gasteiger partial charge on any atom is 0.0978 e. The molecule has 0 saturated carbocycles. The number of aromatic nitrogens is 4. The molecule has 0 aliphatic carbocycles. The van der Waals surface area contributed by atoms with Gasteiger partial charge in [-0.05, 0) is 87.3 Å². The first-order valence-electron chi connectivity index (χ1n) is 24.1. The molecule has 0 radical (unpaired) electrons. The number of aryl methyl sites for hydroxylation is 1. The Hall–Kier alpha value is -9.38. The Morgan fingerprint density at radius 3 is 0.789 bits per heavy atom. The first kappa shape index (κ1) is 41.8. The van der Waals surface area contributed by atoms with Crippen LogP contribution in [-0.2, 0) is 0 Å². The molecule has 0 amide bonds. The van der Waals surface area contributed by atoms with Crippen molar-refractivity contribution in [2.45, 2.75) is 6.92 Å². The van der Waals surface area contributed by atoms with Crippen molar-refractivity contribution in [2.24, 2.45) is 0 Å². The molecule has 332 valence electrons. The quantitative estimate of drug-likeness (QED) is 0.143. The number of benzene rings is 9. The second kappa shape index (κ2) is 17.6. The molecule has 4 nitrogen and oxygen atoms in total. The molecule has 0 fully saturated rings. The molecule has 13 rings (SSSR count). The van der Waals surface area contributed by atoms with Crippen LogP contribution in [0.1, 0.15) is 5.56 Å². The first-order valence-corrected chi connectivity index (χ1v) is 24.1. The van der Waals surface area contributed by atoms with E-state index in [1.54, 1.807) is 0 Å². The summed E-state index contributed by atoms with van der Waals surface area (Å²) in [6.07, 6.45) is 0. The normalized spacial score (nSPS) is 11.5. The summed E-state index contributed by atoms with van der Waals surface area (Å²) in [4.78, 5) is 22.1. The van der Waals surface area contributed by atoms with E-state index in [1.807, 2.05) is 12.1 Å². The topological polar surface area (TPSA) is 51.6 Å². The van der Waals surface area contributed by atoms with Gasteiger partial charge in [0.25, 0.3) is 0 Å². The van der Waals surface area contributed by atoms with Crippen LogP contribution in [0.3, 0.4) is 0 Å². The molecule has 9 aromatic carbocycles. The number of hydrogen-bond acceptors (Lipinski definition) is 4. The van der Waals surface area contributed by atoms with Crippen molar-refractivity contribution in [1.29, 1.82) is 0 Å². The van der Waals surface area contributed by atoms with Crippen molar-refractivity contribution in [3.8, 4) is 89.5 Å². The van der Waals surface area contributed by atoms with Gasteiger partial charge in [-0.3, -0.25) is 0 Å². The SMILES string of the molecule is Cc1cc(-c2cc(-c3ccccc3)c3ccc4c(-c5ccccc5)cc(-c5ccccc5)nc4c3n2)ccc1-c1cc(-c2ccccc2)c2ccc3c(-c4ccccc4)cc(-c4ccccc4)nc3c2n1. The largest absolute Gasteiger partial charge is 0.245 e. The van der Waals surface area contributed by atoms with E-state index in [0.717, 1.165) is 139 Å². The summed E-state index contributed by atoms with van der Waals surface area (Å²) in [7, 11) is 0. The third-order valence-corrected chi connectivity index (χ3v) is 13.8. The molecule has 0 unspecified atom stereocenters. The fourth-order valence-electron chi connectivity index (χ4n) is 10.3. The molecule has 0 aliphatic heterocycles. The molecule has 0 aliphatic rings. The zero-order valence-corrected chi connectivity index (χ0v) is 39.0. The monoisotopic (exact) mass is 904 g/mol. The van der Waals surface area contributed by atoms with Crippen LogP contribution in [0, 0.1) is 6.92 Å². The summed E-state index contributed by atoms with van der Waals surface area (Å²) >= 11 is 0. The van der Waals surface area contributed by atoms with E-state index in [4.69, 9.17) is 19.9 Å². The molecule has 0 saturated heterocycles. The van der Waals surface area contributed by atoms with Crippen LogP contribution in [0.5, 0.6) is 0 Å². The lowest BCUT2D eigenvalue weighted by Crippen LogP contribution is -1.97. The highest BCUT2D eigenvalue weighted by Gasteiger charge is 2.20. The lowest BCUT2D eigenvalue weighted by molar-refractivity contribution is 1.33. The Bertz CT molecular complexity index is 4120. The standard InChI is InChI=1S/C67H44N4/c1-43-38-50(62-41-58(46-24-12-4-13-25-46)54-35-34-52-56(44-20-8-2-9-21-44)39-60(48-28-16-6-17-29-48)68-64(52)65(54)70-62)32-33-51(43)63-42-59(47-26-14-5-15-27-47)55-37-36-53-57(45-22-10-3-11-23-45)40-61(49-30-18-7-19-31-49)69-66(53)67(55)71-63/h2-42H,1H3. The smallest absolute Gasteiger partial charge is 0.0978 e. The number of hydrogen-bond donors (Lipinski definition) is 0. The van der Waals surface area contributed by atoms with E-state index >= 15 is 0 Å². The van der Waals surface area contributed by atoms with E-state index in [0.29, 0.717) is 0 Å². The molecule has 0 spiro atoms. The summed E-state index contributed by atoms with van der Waals surface area (Å²) in [6, 6.07) is 87.9. The Balaban J connectivity index is 1.03. The second-order valence-corrected chi connectivity index (χ2v) is 18.2. The third-order valence-electron chi connectivity index (χ3n) is 13.8. The minimum atomic E-state index is 0.864. The van der Waals surface area contributed by atoms with Crippen molar-refractivity contribution < 1.29 is 0 Å². The highest BCUT2D eigenvalue weighted by atomic mass is 14.8. The first-order chi connectivity index (χ1) is 35.1. The average molecular weight is 905 g/mol.